The van der Waals surface area contributed by atoms with Gasteiger partial charge in [0.1, 0.15) is 5.15 Å². The molecule has 6 heteroatoms. The van der Waals surface area contributed by atoms with Crippen molar-refractivity contribution < 1.29 is 4.79 Å². The Morgan fingerprint density at radius 1 is 1.24 bits per heavy atom. The van der Waals surface area contributed by atoms with Crippen molar-refractivity contribution in [3.05, 3.63) is 55.7 Å². The van der Waals surface area contributed by atoms with Crippen LogP contribution in [-0.4, -0.2) is 10.9 Å². The molecule has 21 heavy (non-hydrogen) atoms. The van der Waals surface area contributed by atoms with Gasteiger partial charge in [-0.15, -0.1) is 0 Å². The molecule has 0 aliphatic rings. The molecule has 2 aromatic rings. The molecular weight excluding hydrogens is 419 g/mol. The summed E-state index contributed by atoms with van der Waals surface area (Å²) in [6.45, 7) is 4.01. The van der Waals surface area contributed by atoms with Crippen molar-refractivity contribution in [1.29, 1.82) is 0 Å². The SMILES string of the molecule is CC(C)c1cc(C(=O)Nc2cc(Br)ccc2Br)cc(Cl)n1. The molecule has 1 aromatic heterocycles. The monoisotopic (exact) mass is 430 g/mol. The van der Waals surface area contributed by atoms with Gasteiger partial charge < -0.3 is 5.32 Å². The fourth-order valence-corrected chi connectivity index (χ4v) is 2.65. The number of carbonyl (C=O) groups is 1. The summed E-state index contributed by atoms with van der Waals surface area (Å²) in [5.41, 5.74) is 1.97. The zero-order valence-corrected chi connectivity index (χ0v) is 15.4. The lowest BCUT2D eigenvalue weighted by molar-refractivity contribution is 0.102. The van der Waals surface area contributed by atoms with Gasteiger partial charge in [-0.2, -0.15) is 0 Å². The van der Waals surface area contributed by atoms with Gasteiger partial charge in [0.05, 0.1) is 5.69 Å². The van der Waals surface area contributed by atoms with E-state index >= 15 is 0 Å². The molecule has 110 valence electrons. The third-order valence-electron chi connectivity index (χ3n) is 2.84. The number of hydrogen-bond acceptors (Lipinski definition) is 2. The number of hydrogen-bond donors (Lipinski definition) is 1. The van der Waals surface area contributed by atoms with Crippen molar-refractivity contribution in [2.75, 3.05) is 5.32 Å². The largest absolute Gasteiger partial charge is 0.321 e. The van der Waals surface area contributed by atoms with Crippen molar-refractivity contribution in [1.82, 2.24) is 4.98 Å². The molecule has 0 spiro atoms. The molecule has 0 bridgehead atoms. The molecule has 0 saturated heterocycles. The summed E-state index contributed by atoms with van der Waals surface area (Å²) in [6.07, 6.45) is 0. The maximum absolute atomic E-state index is 12.4. The summed E-state index contributed by atoms with van der Waals surface area (Å²) in [6, 6.07) is 8.90. The number of amides is 1. The van der Waals surface area contributed by atoms with Crippen LogP contribution in [0.3, 0.4) is 0 Å². The van der Waals surface area contributed by atoms with E-state index in [0.29, 0.717) is 16.4 Å². The molecule has 2 rings (SSSR count). The van der Waals surface area contributed by atoms with Gasteiger partial charge in [0.25, 0.3) is 5.91 Å². The maximum atomic E-state index is 12.4. The van der Waals surface area contributed by atoms with Crippen LogP contribution in [0.1, 0.15) is 35.8 Å². The second-order valence-corrected chi connectivity index (χ2v) is 6.99. The molecule has 1 N–H and O–H groups in total. The van der Waals surface area contributed by atoms with Crippen LogP contribution in [0.4, 0.5) is 5.69 Å². The molecular formula is C15H13Br2ClN2O. The van der Waals surface area contributed by atoms with Gasteiger partial charge in [0.15, 0.2) is 0 Å². The molecule has 0 unspecified atom stereocenters. The average molecular weight is 433 g/mol. The van der Waals surface area contributed by atoms with Gasteiger partial charge in [-0.25, -0.2) is 4.98 Å². The third kappa shape index (κ3) is 4.28. The van der Waals surface area contributed by atoms with Gasteiger partial charge in [-0.05, 0) is 52.2 Å². The molecule has 3 nitrogen and oxygen atoms in total. The number of halogens is 3. The first-order chi connectivity index (χ1) is 9.86. The van der Waals surface area contributed by atoms with E-state index in [9.17, 15) is 4.79 Å². The summed E-state index contributed by atoms with van der Waals surface area (Å²) in [5, 5.41) is 3.18. The summed E-state index contributed by atoms with van der Waals surface area (Å²) >= 11 is 12.8. The fourth-order valence-electron chi connectivity index (χ4n) is 1.73. The quantitative estimate of drug-likeness (QED) is 0.638. The van der Waals surface area contributed by atoms with Gasteiger partial charge in [-0.3, -0.25) is 4.79 Å². The Hall–Kier alpha value is -0.910. The van der Waals surface area contributed by atoms with Gasteiger partial charge >= 0.3 is 0 Å². The topological polar surface area (TPSA) is 42.0 Å². The van der Waals surface area contributed by atoms with Crippen molar-refractivity contribution in [2.45, 2.75) is 19.8 Å². The molecule has 0 aliphatic heterocycles. The summed E-state index contributed by atoms with van der Waals surface area (Å²) in [4.78, 5) is 16.6. The molecule has 0 saturated carbocycles. The first kappa shape index (κ1) is 16.5. The smallest absolute Gasteiger partial charge is 0.255 e. The Labute approximate surface area is 145 Å². The van der Waals surface area contributed by atoms with Crippen LogP contribution in [0.5, 0.6) is 0 Å². The van der Waals surface area contributed by atoms with Gasteiger partial charge in [-0.1, -0.05) is 41.4 Å². The van der Waals surface area contributed by atoms with E-state index in [1.165, 1.54) is 0 Å². The summed E-state index contributed by atoms with van der Waals surface area (Å²) < 4.78 is 1.69. The number of pyridine rings is 1. The number of aromatic nitrogens is 1. The number of benzene rings is 1. The Bertz CT molecular complexity index is 689. The predicted molar refractivity (Wildman–Crippen MR) is 93.1 cm³/mol. The maximum Gasteiger partial charge on any atom is 0.255 e. The molecule has 0 aliphatic carbocycles. The normalized spacial score (nSPS) is 10.8. The second-order valence-electron chi connectivity index (χ2n) is 4.84. The standard InChI is InChI=1S/C15H13Br2ClN2O/c1-8(2)12-5-9(6-14(18)19-12)15(21)20-13-7-10(16)3-4-11(13)17/h3-8H,1-2H3,(H,20,21). The van der Waals surface area contributed by atoms with Crippen molar-refractivity contribution in [3.8, 4) is 0 Å². The van der Waals surface area contributed by atoms with Crippen LogP contribution >= 0.6 is 43.5 Å². The average Bonchev–Trinajstić information content (AvgIpc) is 2.42. The molecule has 0 fully saturated rings. The zero-order chi connectivity index (χ0) is 15.6. The predicted octanol–water partition coefficient (Wildman–Crippen LogP) is 5.64. The lowest BCUT2D eigenvalue weighted by atomic mass is 10.1. The molecule has 1 amide bonds. The Balaban J connectivity index is 2.30. The molecule has 1 heterocycles. The van der Waals surface area contributed by atoms with Gasteiger partial charge in [0, 0.05) is 20.2 Å². The highest BCUT2D eigenvalue weighted by molar-refractivity contribution is 9.11. The highest BCUT2D eigenvalue weighted by Crippen LogP contribution is 2.27. The summed E-state index contributed by atoms with van der Waals surface area (Å²) in [5.74, 6) is -0.0205. The Morgan fingerprint density at radius 3 is 2.62 bits per heavy atom. The minimum Gasteiger partial charge on any atom is -0.321 e. The zero-order valence-electron chi connectivity index (χ0n) is 11.5. The Morgan fingerprint density at radius 2 is 1.95 bits per heavy atom. The number of carbonyl (C=O) groups excluding carboxylic acids is 1. The van der Waals surface area contributed by atoms with Crippen molar-refractivity contribution >= 4 is 55.1 Å². The van der Waals surface area contributed by atoms with E-state index in [2.05, 4.69) is 42.2 Å². The van der Waals surface area contributed by atoms with Crippen molar-refractivity contribution in [2.24, 2.45) is 0 Å². The minimum absolute atomic E-state index is 0.202. The Kier molecular flexibility index (Phi) is 5.41. The van der Waals surface area contributed by atoms with Crippen molar-refractivity contribution in [3.63, 3.8) is 0 Å². The first-order valence-corrected chi connectivity index (χ1v) is 8.27. The molecule has 0 radical (unpaired) electrons. The van der Waals surface area contributed by atoms with E-state index < -0.39 is 0 Å². The molecule has 1 aromatic carbocycles. The van der Waals surface area contributed by atoms with Crippen LogP contribution in [0.2, 0.25) is 5.15 Å². The second kappa shape index (κ2) is 6.90. The number of nitrogens with one attached hydrogen (secondary N) is 1. The van der Waals surface area contributed by atoms with Crippen LogP contribution in [-0.2, 0) is 0 Å². The minimum atomic E-state index is -0.222. The van der Waals surface area contributed by atoms with E-state index in [4.69, 9.17) is 11.6 Å². The summed E-state index contributed by atoms with van der Waals surface area (Å²) in [7, 11) is 0. The van der Waals surface area contributed by atoms with Crippen LogP contribution in [0.25, 0.3) is 0 Å². The van der Waals surface area contributed by atoms with E-state index in [0.717, 1.165) is 14.6 Å². The number of nitrogens with zero attached hydrogens (tertiary/aromatic N) is 1. The highest BCUT2D eigenvalue weighted by Gasteiger charge is 2.13. The third-order valence-corrected chi connectivity index (χ3v) is 4.22. The number of anilines is 1. The van der Waals surface area contributed by atoms with E-state index in [1.807, 2.05) is 32.0 Å². The van der Waals surface area contributed by atoms with Crippen LogP contribution in [0, 0.1) is 0 Å². The van der Waals surface area contributed by atoms with Crippen LogP contribution in [0.15, 0.2) is 39.3 Å². The number of rotatable bonds is 3. The lowest BCUT2D eigenvalue weighted by Gasteiger charge is -2.10. The fraction of sp³-hybridized carbons (Fsp3) is 0.200. The van der Waals surface area contributed by atoms with E-state index in [-0.39, 0.29) is 11.8 Å². The van der Waals surface area contributed by atoms with Crippen LogP contribution < -0.4 is 5.32 Å². The first-order valence-electron chi connectivity index (χ1n) is 6.30. The van der Waals surface area contributed by atoms with Gasteiger partial charge in [0.2, 0.25) is 0 Å². The lowest BCUT2D eigenvalue weighted by Crippen LogP contribution is -2.13. The molecule has 0 atom stereocenters. The highest BCUT2D eigenvalue weighted by atomic mass is 79.9. The van der Waals surface area contributed by atoms with E-state index in [1.54, 1.807) is 12.1 Å².